The molecule has 3 rings (SSSR count). The molecule has 0 unspecified atom stereocenters. The molecule has 0 amide bonds. The van der Waals surface area contributed by atoms with Gasteiger partial charge in [-0.05, 0) is 29.2 Å². The van der Waals surface area contributed by atoms with Crippen LogP contribution in [-0.2, 0) is 10.2 Å². The molecule has 2 aromatic carbocycles. The summed E-state index contributed by atoms with van der Waals surface area (Å²) in [5, 5.41) is 14.4. The third-order valence-electron chi connectivity index (χ3n) is 4.14. The Morgan fingerprint density at radius 3 is 2.36 bits per heavy atom. The van der Waals surface area contributed by atoms with Gasteiger partial charge < -0.3 is 15.4 Å². The number of carbonyl (C=O) groups excluding carboxylic acids is 1. The zero-order valence-electron chi connectivity index (χ0n) is 16.4. The molecule has 0 fully saturated rings. The van der Waals surface area contributed by atoms with Crippen LogP contribution in [-0.4, -0.2) is 28.3 Å². The second-order valence-corrected chi connectivity index (χ2v) is 7.25. The highest BCUT2D eigenvalue weighted by Gasteiger charge is 2.18. The number of nitrogens with zero attached hydrogens (tertiary/aromatic N) is 3. The summed E-state index contributed by atoms with van der Waals surface area (Å²) >= 11 is 0. The first-order valence-electron chi connectivity index (χ1n) is 8.89. The summed E-state index contributed by atoms with van der Waals surface area (Å²) in [7, 11) is 1.34. The Kier molecular flexibility index (Phi) is 5.54. The van der Waals surface area contributed by atoms with E-state index in [1.807, 2.05) is 24.3 Å². The van der Waals surface area contributed by atoms with E-state index in [2.05, 4.69) is 52.7 Å². The van der Waals surface area contributed by atoms with Crippen LogP contribution in [0.1, 0.15) is 36.7 Å². The zero-order chi connectivity index (χ0) is 20.1. The maximum absolute atomic E-state index is 11.9. The normalized spacial score (nSPS) is 11.0. The van der Waals surface area contributed by atoms with Gasteiger partial charge in [0.15, 0.2) is 5.82 Å². The molecule has 3 aromatic rings. The largest absolute Gasteiger partial charge is 0.465 e. The highest BCUT2D eigenvalue weighted by atomic mass is 16.5. The van der Waals surface area contributed by atoms with Gasteiger partial charge in [-0.15, -0.1) is 5.10 Å². The molecule has 0 aliphatic carbocycles. The minimum absolute atomic E-state index is 0.0232. The fourth-order valence-electron chi connectivity index (χ4n) is 2.80. The number of esters is 1. The van der Waals surface area contributed by atoms with Crippen LogP contribution in [0.4, 0.5) is 23.1 Å². The molecule has 2 N–H and O–H groups in total. The van der Waals surface area contributed by atoms with Gasteiger partial charge in [0.1, 0.15) is 0 Å². The smallest absolute Gasteiger partial charge is 0.339 e. The number of para-hydroxylation sites is 2. The van der Waals surface area contributed by atoms with Crippen molar-refractivity contribution in [3.63, 3.8) is 0 Å². The van der Waals surface area contributed by atoms with E-state index >= 15 is 0 Å². The fourth-order valence-corrected chi connectivity index (χ4v) is 2.80. The first-order valence-corrected chi connectivity index (χ1v) is 8.89. The molecule has 28 heavy (non-hydrogen) atoms. The highest BCUT2D eigenvalue weighted by molar-refractivity contribution is 5.96. The molecule has 0 saturated heterocycles. The van der Waals surface area contributed by atoms with Crippen LogP contribution in [0.5, 0.6) is 0 Å². The number of ether oxygens (including phenoxy) is 1. The Labute approximate surface area is 164 Å². The number of nitrogens with one attached hydrogen (secondary N) is 2. The summed E-state index contributed by atoms with van der Waals surface area (Å²) in [6.07, 6.45) is 1.55. The number of hydrogen-bond donors (Lipinski definition) is 2. The van der Waals surface area contributed by atoms with Gasteiger partial charge in [-0.3, -0.25) is 0 Å². The Hall–Kier alpha value is -3.48. The predicted molar refractivity (Wildman–Crippen MR) is 109 cm³/mol. The molecule has 0 bridgehead atoms. The van der Waals surface area contributed by atoms with Crippen molar-refractivity contribution >= 4 is 29.1 Å². The molecular weight excluding hydrogens is 354 g/mol. The fraction of sp³-hybridized carbons (Fsp3) is 0.238. The molecule has 0 radical (unpaired) electrons. The SMILES string of the molecule is COC(=O)c1ccccc1Nc1nncc(Nc2ccccc2C(C)(C)C)n1. The number of benzene rings is 2. The Morgan fingerprint density at radius 2 is 1.64 bits per heavy atom. The van der Waals surface area contributed by atoms with E-state index in [1.54, 1.807) is 24.4 Å². The number of carbonyl (C=O) groups is 1. The second-order valence-electron chi connectivity index (χ2n) is 7.25. The van der Waals surface area contributed by atoms with Gasteiger partial charge in [0.05, 0.1) is 24.6 Å². The summed E-state index contributed by atoms with van der Waals surface area (Å²) in [5.74, 6) is 0.379. The monoisotopic (exact) mass is 377 g/mol. The van der Waals surface area contributed by atoms with E-state index in [-0.39, 0.29) is 11.4 Å². The lowest BCUT2D eigenvalue weighted by molar-refractivity contribution is 0.0602. The average molecular weight is 377 g/mol. The van der Waals surface area contributed by atoms with E-state index in [0.717, 1.165) is 5.69 Å². The summed E-state index contributed by atoms with van der Waals surface area (Å²) in [6.45, 7) is 6.47. The lowest BCUT2D eigenvalue weighted by Crippen LogP contribution is -2.14. The van der Waals surface area contributed by atoms with Crippen molar-refractivity contribution in [1.29, 1.82) is 0 Å². The van der Waals surface area contributed by atoms with Gasteiger partial charge in [-0.1, -0.05) is 51.1 Å². The van der Waals surface area contributed by atoms with Crippen molar-refractivity contribution in [1.82, 2.24) is 15.2 Å². The molecule has 7 heteroatoms. The molecule has 0 aliphatic rings. The Balaban J connectivity index is 1.86. The van der Waals surface area contributed by atoms with E-state index in [4.69, 9.17) is 4.74 Å². The number of aromatic nitrogens is 3. The number of anilines is 4. The van der Waals surface area contributed by atoms with Crippen LogP contribution in [0.3, 0.4) is 0 Å². The lowest BCUT2D eigenvalue weighted by Gasteiger charge is -2.23. The maximum Gasteiger partial charge on any atom is 0.339 e. The first kappa shape index (κ1) is 19.3. The molecule has 1 heterocycles. The van der Waals surface area contributed by atoms with Crippen molar-refractivity contribution in [2.24, 2.45) is 0 Å². The Morgan fingerprint density at radius 1 is 0.964 bits per heavy atom. The zero-order valence-corrected chi connectivity index (χ0v) is 16.4. The van der Waals surface area contributed by atoms with Gasteiger partial charge in [0.25, 0.3) is 0 Å². The first-order chi connectivity index (χ1) is 13.4. The summed E-state index contributed by atoms with van der Waals surface area (Å²) < 4.78 is 4.81. The summed E-state index contributed by atoms with van der Waals surface area (Å²) in [4.78, 5) is 16.4. The molecule has 1 aromatic heterocycles. The number of methoxy groups -OCH3 is 1. The third kappa shape index (κ3) is 4.43. The van der Waals surface area contributed by atoms with Crippen molar-refractivity contribution in [3.8, 4) is 0 Å². The molecule has 144 valence electrons. The number of hydrogen-bond acceptors (Lipinski definition) is 7. The van der Waals surface area contributed by atoms with Crippen LogP contribution in [0, 0.1) is 0 Å². The minimum Gasteiger partial charge on any atom is -0.465 e. The van der Waals surface area contributed by atoms with E-state index in [9.17, 15) is 4.79 Å². The van der Waals surface area contributed by atoms with Crippen LogP contribution in [0.25, 0.3) is 0 Å². The van der Waals surface area contributed by atoms with Crippen LogP contribution < -0.4 is 10.6 Å². The van der Waals surface area contributed by atoms with Gasteiger partial charge in [-0.25, -0.2) is 4.79 Å². The highest BCUT2D eigenvalue weighted by Crippen LogP contribution is 2.31. The van der Waals surface area contributed by atoms with Crippen LogP contribution in [0.15, 0.2) is 54.7 Å². The standard InChI is InChI=1S/C21H23N5O2/c1-21(2,3)15-10-6-8-12-17(15)23-18-13-22-26-20(25-18)24-16-11-7-5-9-14(16)19(27)28-4/h5-13H,1-4H3,(H2,23,24,25,26). The topological polar surface area (TPSA) is 89.0 Å². The van der Waals surface area contributed by atoms with Crippen LogP contribution in [0.2, 0.25) is 0 Å². The maximum atomic E-state index is 11.9. The Bertz CT molecular complexity index is 982. The molecule has 0 atom stereocenters. The van der Waals surface area contributed by atoms with Gasteiger partial charge in [0, 0.05) is 5.69 Å². The molecule has 7 nitrogen and oxygen atoms in total. The van der Waals surface area contributed by atoms with Crippen molar-refractivity contribution in [2.75, 3.05) is 17.7 Å². The van der Waals surface area contributed by atoms with E-state index in [0.29, 0.717) is 17.1 Å². The quantitative estimate of drug-likeness (QED) is 0.635. The average Bonchev–Trinajstić information content (AvgIpc) is 2.68. The number of rotatable bonds is 5. The van der Waals surface area contributed by atoms with Gasteiger partial charge >= 0.3 is 5.97 Å². The van der Waals surface area contributed by atoms with Crippen molar-refractivity contribution in [2.45, 2.75) is 26.2 Å². The summed E-state index contributed by atoms with van der Waals surface area (Å²) in [6, 6.07) is 15.1. The third-order valence-corrected chi connectivity index (χ3v) is 4.14. The van der Waals surface area contributed by atoms with E-state index in [1.165, 1.54) is 12.7 Å². The van der Waals surface area contributed by atoms with Crippen molar-refractivity contribution < 1.29 is 9.53 Å². The minimum atomic E-state index is -0.440. The van der Waals surface area contributed by atoms with E-state index < -0.39 is 5.97 Å². The van der Waals surface area contributed by atoms with Gasteiger partial charge in [0.2, 0.25) is 5.95 Å². The predicted octanol–water partition coefficient (Wildman–Crippen LogP) is 4.44. The molecular formula is C21H23N5O2. The molecule has 0 saturated carbocycles. The van der Waals surface area contributed by atoms with Crippen molar-refractivity contribution in [3.05, 3.63) is 65.9 Å². The van der Waals surface area contributed by atoms with Gasteiger partial charge in [-0.2, -0.15) is 10.1 Å². The molecule has 0 spiro atoms. The van der Waals surface area contributed by atoms with Crippen LogP contribution >= 0.6 is 0 Å². The second kappa shape index (κ2) is 8.04. The lowest BCUT2D eigenvalue weighted by atomic mass is 9.86. The summed E-state index contributed by atoms with van der Waals surface area (Å²) in [5.41, 5.74) is 3.04. The molecule has 0 aliphatic heterocycles.